The maximum atomic E-state index is 13.4. The van der Waals surface area contributed by atoms with Crippen LogP contribution in [0, 0.1) is 11.6 Å². The van der Waals surface area contributed by atoms with Crippen molar-refractivity contribution in [1.29, 1.82) is 0 Å². The first-order valence-electron chi connectivity index (χ1n) is 5.67. The zero-order valence-corrected chi connectivity index (χ0v) is 12.9. The molecule has 0 atom stereocenters. The van der Waals surface area contributed by atoms with E-state index >= 15 is 0 Å². The van der Waals surface area contributed by atoms with Crippen LogP contribution in [0.5, 0.6) is 0 Å². The van der Waals surface area contributed by atoms with E-state index in [0.29, 0.717) is 6.54 Å². The minimum atomic E-state index is -0.674. The Hall–Kier alpha value is -1.47. The van der Waals surface area contributed by atoms with Crippen molar-refractivity contribution >= 4 is 39.0 Å². The van der Waals surface area contributed by atoms with Gasteiger partial charge in [0.25, 0.3) is 0 Å². The van der Waals surface area contributed by atoms with E-state index in [4.69, 9.17) is 0 Å². The Morgan fingerprint density at radius 3 is 2.75 bits per heavy atom. The first-order valence-corrected chi connectivity index (χ1v) is 7.28. The van der Waals surface area contributed by atoms with Gasteiger partial charge in [-0.1, -0.05) is 0 Å². The second-order valence-electron chi connectivity index (χ2n) is 4.12. The first kappa shape index (κ1) is 14.9. The van der Waals surface area contributed by atoms with Crippen LogP contribution in [0.4, 0.5) is 19.3 Å². The third kappa shape index (κ3) is 3.77. The standard InChI is InChI=1S/C13H11BrF2N2OS/c1-18(7-9-3-5-12(14)20-9)13(19)17-11-6-8(15)2-4-10(11)16/h2-6H,7H2,1H3,(H,17,19). The highest BCUT2D eigenvalue weighted by atomic mass is 79.9. The monoisotopic (exact) mass is 360 g/mol. The van der Waals surface area contributed by atoms with Gasteiger partial charge in [0.15, 0.2) is 0 Å². The van der Waals surface area contributed by atoms with E-state index in [2.05, 4.69) is 21.2 Å². The molecular weight excluding hydrogens is 350 g/mol. The van der Waals surface area contributed by atoms with Gasteiger partial charge < -0.3 is 10.2 Å². The van der Waals surface area contributed by atoms with Gasteiger partial charge in [0.2, 0.25) is 0 Å². The van der Waals surface area contributed by atoms with Crippen LogP contribution in [0.25, 0.3) is 0 Å². The minimum Gasteiger partial charge on any atom is -0.322 e. The average Bonchev–Trinajstić information content (AvgIpc) is 2.79. The number of amides is 2. The molecule has 7 heteroatoms. The molecule has 1 N–H and O–H groups in total. The number of hydrogen-bond acceptors (Lipinski definition) is 2. The molecule has 3 nitrogen and oxygen atoms in total. The summed E-state index contributed by atoms with van der Waals surface area (Å²) in [5, 5.41) is 2.34. The molecule has 0 fully saturated rings. The highest BCUT2D eigenvalue weighted by Crippen LogP contribution is 2.23. The van der Waals surface area contributed by atoms with Gasteiger partial charge in [-0.2, -0.15) is 0 Å². The van der Waals surface area contributed by atoms with Crippen molar-refractivity contribution in [1.82, 2.24) is 4.90 Å². The molecule has 2 aromatic rings. The Labute approximate surface area is 127 Å². The van der Waals surface area contributed by atoms with Crippen molar-refractivity contribution in [3.63, 3.8) is 0 Å². The number of urea groups is 1. The van der Waals surface area contributed by atoms with Gasteiger partial charge in [0, 0.05) is 18.0 Å². The Balaban J connectivity index is 2.02. The van der Waals surface area contributed by atoms with Gasteiger partial charge >= 0.3 is 6.03 Å². The van der Waals surface area contributed by atoms with Gasteiger partial charge in [-0.3, -0.25) is 0 Å². The number of halogens is 3. The topological polar surface area (TPSA) is 32.3 Å². The van der Waals surface area contributed by atoms with Gasteiger partial charge in [0.1, 0.15) is 11.6 Å². The summed E-state index contributed by atoms with van der Waals surface area (Å²) in [6.07, 6.45) is 0. The largest absolute Gasteiger partial charge is 0.322 e. The van der Waals surface area contributed by atoms with Crippen LogP contribution in [0.2, 0.25) is 0 Å². The molecule has 20 heavy (non-hydrogen) atoms. The fraction of sp³-hybridized carbons (Fsp3) is 0.154. The Morgan fingerprint density at radius 1 is 1.35 bits per heavy atom. The molecule has 0 aliphatic rings. The van der Waals surface area contributed by atoms with E-state index in [1.54, 1.807) is 7.05 Å². The van der Waals surface area contributed by atoms with Crippen molar-refractivity contribution in [2.45, 2.75) is 6.54 Å². The molecule has 0 saturated carbocycles. The second-order valence-corrected chi connectivity index (χ2v) is 6.66. The molecule has 1 aromatic heterocycles. The maximum absolute atomic E-state index is 13.4. The number of rotatable bonds is 3. The summed E-state index contributed by atoms with van der Waals surface area (Å²) in [4.78, 5) is 14.3. The van der Waals surface area contributed by atoms with E-state index in [1.807, 2.05) is 12.1 Å². The van der Waals surface area contributed by atoms with Crippen molar-refractivity contribution in [3.8, 4) is 0 Å². The van der Waals surface area contributed by atoms with Gasteiger partial charge in [0.05, 0.1) is 16.0 Å². The molecule has 0 spiro atoms. The molecule has 1 aromatic carbocycles. The van der Waals surface area contributed by atoms with Crippen LogP contribution in [-0.2, 0) is 6.54 Å². The normalized spacial score (nSPS) is 10.4. The Bertz CT molecular complexity index is 633. The predicted octanol–water partition coefficient (Wildman–Crippen LogP) is 4.45. The molecule has 0 bridgehead atoms. The summed E-state index contributed by atoms with van der Waals surface area (Å²) in [6, 6.07) is 6.19. The molecule has 0 radical (unpaired) electrons. The maximum Gasteiger partial charge on any atom is 0.321 e. The number of carbonyl (C=O) groups excluding carboxylic acids is 1. The molecule has 0 aliphatic heterocycles. The third-order valence-corrected chi connectivity index (χ3v) is 4.15. The van der Waals surface area contributed by atoms with Crippen LogP contribution in [-0.4, -0.2) is 18.0 Å². The summed E-state index contributed by atoms with van der Waals surface area (Å²) >= 11 is 4.84. The fourth-order valence-electron chi connectivity index (χ4n) is 1.55. The van der Waals surface area contributed by atoms with E-state index in [-0.39, 0.29) is 5.69 Å². The number of hydrogen-bond donors (Lipinski definition) is 1. The zero-order chi connectivity index (χ0) is 14.7. The summed E-state index contributed by atoms with van der Waals surface area (Å²) < 4.78 is 27.4. The molecule has 1 heterocycles. The van der Waals surface area contributed by atoms with Crippen LogP contribution < -0.4 is 5.32 Å². The molecule has 0 unspecified atom stereocenters. The van der Waals surface area contributed by atoms with E-state index in [9.17, 15) is 13.6 Å². The number of thiophene rings is 1. The highest BCUT2D eigenvalue weighted by Gasteiger charge is 2.13. The number of anilines is 1. The average molecular weight is 361 g/mol. The number of nitrogens with one attached hydrogen (secondary N) is 1. The van der Waals surface area contributed by atoms with Crippen molar-refractivity contribution in [3.05, 3.63) is 50.6 Å². The van der Waals surface area contributed by atoms with Crippen LogP contribution >= 0.6 is 27.3 Å². The summed E-state index contributed by atoms with van der Waals surface area (Å²) in [7, 11) is 1.58. The zero-order valence-electron chi connectivity index (χ0n) is 10.5. The van der Waals surface area contributed by atoms with E-state index < -0.39 is 17.7 Å². The third-order valence-electron chi connectivity index (χ3n) is 2.54. The van der Waals surface area contributed by atoms with Crippen molar-refractivity contribution < 1.29 is 13.6 Å². The van der Waals surface area contributed by atoms with Crippen LogP contribution in [0.3, 0.4) is 0 Å². The molecule has 0 aliphatic carbocycles. The fourth-order valence-corrected chi connectivity index (χ4v) is 3.08. The predicted molar refractivity (Wildman–Crippen MR) is 78.9 cm³/mol. The SMILES string of the molecule is CN(Cc1ccc(Br)s1)C(=O)Nc1cc(F)ccc1F. The van der Waals surface area contributed by atoms with Gasteiger partial charge in [-0.05, 0) is 40.2 Å². The van der Waals surface area contributed by atoms with Crippen molar-refractivity contribution in [2.75, 3.05) is 12.4 Å². The molecular formula is C13H11BrF2N2OS. The highest BCUT2D eigenvalue weighted by molar-refractivity contribution is 9.11. The molecule has 106 valence electrons. The molecule has 2 amide bonds. The lowest BCUT2D eigenvalue weighted by Crippen LogP contribution is -2.30. The Morgan fingerprint density at radius 2 is 2.10 bits per heavy atom. The number of nitrogens with zero attached hydrogens (tertiary/aromatic N) is 1. The number of carbonyl (C=O) groups is 1. The van der Waals surface area contributed by atoms with E-state index in [1.165, 1.54) is 16.2 Å². The Kier molecular flexibility index (Phi) is 4.72. The van der Waals surface area contributed by atoms with Crippen molar-refractivity contribution in [2.24, 2.45) is 0 Å². The van der Waals surface area contributed by atoms with E-state index in [0.717, 1.165) is 26.9 Å². The second kappa shape index (κ2) is 6.32. The summed E-state index contributed by atoms with van der Waals surface area (Å²) in [5.41, 5.74) is -0.172. The molecule has 0 saturated heterocycles. The van der Waals surface area contributed by atoms with Crippen LogP contribution in [0.15, 0.2) is 34.1 Å². The number of benzene rings is 1. The molecule has 2 rings (SSSR count). The van der Waals surface area contributed by atoms with Gasteiger partial charge in [-0.25, -0.2) is 13.6 Å². The smallest absolute Gasteiger partial charge is 0.321 e. The lowest BCUT2D eigenvalue weighted by molar-refractivity contribution is 0.221. The summed E-state index contributed by atoms with van der Waals surface area (Å²) in [6.45, 7) is 0.388. The lowest BCUT2D eigenvalue weighted by atomic mass is 10.3. The van der Waals surface area contributed by atoms with Gasteiger partial charge in [-0.15, -0.1) is 11.3 Å². The summed E-state index contributed by atoms with van der Waals surface area (Å²) in [5.74, 6) is -1.28. The first-order chi connectivity index (χ1) is 9.45. The quantitative estimate of drug-likeness (QED) is 0.861. The lowest BCUT2D eigenvalue weighted by Gasteiger charge is -2.17. The van der Waals surface area contributed by atoms with Crippen LogP contribution in [0.1, 0.15) is 4.88 Å². The minimum absolute atomic E-state index is 0.172.